The van der Waals surface area contributed by atoms with Crippen LogP contribution in [0.2, 0.25) is 0 Å². The lowest BCUT2D eigenvalue weighted by atomic mass is 10.2. The van der Waals surface area contributed by atoms with E-state index in [-0.39, 0.29) is 24.1 Å². The molecule has 2 aromatic heterocycles. The first-order valence-electron chi connectivity index (χ1n) is 7.38. The number of halogens is 2. The molecule has 0 spiro atoms. The number of hydrogen-bond acceptors (Lipinski definition) is 4. The third-order valence-electron chi connectivity index (χ3n) is 3.34. The third-order valence-corrected chi connectivity index (χ3v) is 3.34. The van der Waals surface area contributed by atoms with Crippen LogP contribution in [-0.4, -0.2) is 15.9 Å². The number of nitrogens with zero attached hydrogens (tertiary/aromatic N) is 2. The molecular formula is C18H13F2N3O2. The zero-order valence-electron chi connectivity index (χ0n) is 12.9. The minimum absolute atomic E-state index is 0.110. The topological polar surface area (TPSA) is 64.1 Å². The number of carbonyl (C=O) groups excluding carboxylic acids is 1. The van der Waals surface area contributed by atoms with Gasteiger partial charge < -0.3 is 10.1 Å². The highest BCUT2D eigenvalue weighted by atomic mass is 19.2. The number of amides is 1. The van der Waals surface area contributed by atoms with Gasteiger partial charge in [-0.3, -0.25) is 9.78 Å². The molecule has 5 nitrogen and oxygen atoms in total. The van der Waals surface area contributed by atoms with Crippen LogP contribution in [0.1, 0.15) is 15.9 Å². The van der Waals surface area contributed by atoms with Crippen molar-refractivity contribution in [2.45, 2.75) is 6.54 Å². The van der Waals surface area contributed by atoms with E-state index in [1.54, 1.807) is 24.3 Å². The highest BCUT2D eigenvalue weighted by molar-refractivity contribution is 5.93. The molecule has 0 aliphatic rings. The lowest BCUT2D eigenvalue weighted by molar-refractivity contribution is 0.0950. The number of rotatable bonds is 5. The summed E-state index contributed by atoms with van der Waals surface area (Å²) >= 11 is 0. The van der Waals surface area contributed by atoms with Gasteiger partial charge >= 0.3 is 0 Å². The first-order valence-corrected chi connectivity index (χ1v) is 7.38. The number of aromatic nitrogens is 2. The van der Waals surface area contributed by atoms with Gasteiger partial charge in [0, 0.05) is 42.3 Å². The van der Waals surface area contributed by atoms with E-state index in [1.165, 1.54) is 24.7 Å². The summed E-state index contributed by atoms with van der Waals surface area (Å²) in [7, 11) is 0. The Morgan fingerprint density at radius 2 is 1.84 bits per heavy atom. The molecule has 1 aromatic carbocycles. The highest BCUT2D eigenvalue weighted by Gasteiger charge is 2.11. The van der Waals surface area contributed by atoms with Gasteiger partial charge in [-0.2, -0.15) is 0 Å². The molecule has 126 valence electrons. The minimum Gasteiger partial charge on any atom is -0.439 e. The largest absolute Gasteiger partial charge is 0.439 e. The van der Waals surface area contributed by atoms with Gasteiger partial charge in [-0.05, 0) is 30.3 Å². The van der Waals surface area contributed by atoms with Crippen molar-refractivity contribution < 1.29 is 18.3 Å². The first kappa shape index (κ1) is 16.5. The predicted octanol–water partition coefficient (Wildman–Crippen LogP) is 3.48. The summed E-state index contributed by atoms with van der Waals surface area (Å²) < 4.78 is 31.8. The SMILES string of the molecule is O=C(NCc1cccnc1Oc1ccc(F)c(F)c1)c1ccncc1. The smallest absolute Gasteiger partial charge is 0.251 e. The van der Waals surface area contributed by atoms with Gasteiger partial charge in [0.05, 0.1) is 0 Å². The molecule has 1 amide bonds. The van der Waals surface area contributed by atoms with Crippen molar-refractivity contribution in [2.75, 3.05) is 0 Å². The molecule has 25 heavy (non-hydrogen) atoms. The van der Waals surface area contributed by atoms with E-state index in [0.29, 0.717) is 11.1 Å². The Bertz CT molecular complexity index is 888. The molecule has 0 unspecified atom stereocenters. The fourth-order valence-corrected chi connectivity index (χ4v) is 2.08. The Labute approximate surface area is 142 Å². The van der Waals surface area contributed by atoms with Gasteiger partial charge in [-0.25, -0.2) is 13.8 Å². The number of carbonyl (C=O) groups is 1. The quantitative estimate of drug-likeness (QED) is 0.772. The van der Waals surface area contributed by atoms with Crippen molar-refractivity contribution in [1.82, 2.24) is 15.3 Å². The van der Waals surface area contributed by atoms with Crippen molar-refractivity contribution >= 4 is 5.91 Å². The van der Waals surface area contributed by atoms with Crippen molar-refractivity contribution in [1.29, 1.82) is 0 Å². The second kappa shape index (κ2) is 7.48. The molecule has 7 heteroatoms. The zero-order chi connectivity index (χ0) is 17.6. The molecule has 0 saturated heterocycles. The summed E-state index contributed by atoms with van der Waals surface area (Å²) in [6.07, 6.45) is 4.55. The number of ether oxygens (including phenoxy) is 1. The standard InChI is InChI=1S/C18H13F2N3O2/c19-15-4-3-14(10-16(15)20)25-18-13(2-1-7-22-18)11-23-17(24)12-5-8-21-9-6-12/h1-10H,11H2,(H,23,24). The molecule has 3 rings (SSSR count). The summed E-state index contributed by atoms with van der Waals surface area (Å²) in [6.45, 7) is 0.161. The Balaban J connectivity index is 1.72. The second-order valence-corrected chi connectivity index (χ2v) is 5.06. The third kappa shape index (κ3) is 4.14. The molecular weight excluding hydrogens is 328 g/mol. The molecule has 1 N–H and O–H groups in total. The van der Waals surface area contributed by atoms with Crippen LogP contribution in [0.5, 0.6) is 11.6 Å². The van der Waals surface area contributed by atoms with Crippen LogP contribution in [0.25, 0.3) is 0 Å². The lowest BCUT2D eigenvalue weighted by Crippen LogP contribution is -2.23. The molecule has 0 aliphatic carbocycles. The van der Waals surface area contributed by atoms with Gasteiger partial charge in [0.1, 0.15) is 5.75 Å². The van der Waals surface area contributed by atoms with Crippen LogP contribution in [-0.2, 0) is 6.54 Å². The molecule has 3 aromatic rings. The summed E-state index contributed by atoms with van der Waals surface area (Å²) in [5.74, 6) is -1.94. The number of pyridine rings is 2. The van der Waals surface area contributed by atoms with Gasteiger partial charge in [0.25, 0.3) is 5.91 Å². The van der Waals surface area contributed by atoms with Crippen LogP contribution >= 0.6 is 0 Å². The maximum atomic E-state index is 13.3. The minimum atomic E-state index is -1.01. The van der Waals surface area contributed by atoms with Crippen LogP contribution in [0, 0.1) is 11.6 Å². The van der Waals surface area contributed by atoms with Gasteiger partial charge in [0.2, 0.25) is 5.88 Å². The first-order chi connectivity index (χ1) is 12.1. The van der Waals surface area contributed by atoms with Crippen molar-refractivity contribution in [2.24, 2.45) is 0 Å². The molecule has 2 heterocycles. The monoisotopic (exact) mass is 341 g/mol. The Morgan fingerprint density at radius 3 is 2.60 bits per heavy atom. The second-order valence-electron chi connectivity index (χ2n) is 5.06. The summed E-state index contributed by atoms with van der Waals surface area (Å²) in [6, 6.07) is 9.80. The zero-order valence-corrected chi connectivity index (χ0v) is 12.9. The maximum Gasteiger partial charge on any atom is 0.251 e. The van der Waals surface area contributed by atoms with Crippen molar-refractivity contribution in [3.05, 3.63) is 83.8 Å². The fraction of sp³-hybridized carbons (Fsp3) is 0.0556. The summed E-state index contributed by atoms with van der Waals surface area (Å²) in [5, 5.41) is 2.74. The van der Waals surface area contributed by atoms with E-state index in [0.717, 1.165) is 12.1 Å². The van der Waals surface area contributed by atoms with Crippen LogP contribution in [0.3, 0.4) is 0 Å². The average molecular weight is 341 g/mol. The molecule has 0 radical (unpaired) electrons. The normalized spacial score (nSPS) is 10.3. The van der Waals surface area contributed by atoms with Crippen LogP contribution in [0.4, 0.5) is 8.78 Å². The Morgan fingerprint density at radius 1 is 1.04 bits per heavy atom. The Kier molecular flexibility index (Phi) is 4.94. The summed E-state index contributed by atoms with van der Waals surface area (Å²) in [5.41, 5.74) is 1.07. The summed E-state index contributed by atoms with van der Waals surface area (Å²) in [4.78, 5) is 20.0. The molecule has 0 aliphatic heterocycles. The van der Waals surface area contributed by atoms with E-state index in [2.05, 4.69) is 15.3 Å². The molecule has 0 saturated carbocycles. The number of hydrogen-bond donors (Lipinski definition) is 1. The van der Waals surface area contributed by atoms with Crippen LogP contribution < -0.4 is 10.1 Å². The molecule has 0 fully saturated rings. The van der Waals surface area contributed by atoms with Crippen molar-refractivity contribution in [3.8, 4) is 11.6 Å². The average Bonchev–Trinajstić information content (AvgIpc) is 2.64. The van der Waals surface area contributed by atoms with Gasteiger partial charge in [-0.15, -0.1) is 0 Å². The number of benzene rings is 1. The Hall–Kier alpha value is -3.35. The predicted molar refractivity (Wildman–Crippen MR) is 86.1 cm³/mol. The van der Waals surface area contributed by atoms with E-state index >= 15 is 0 Å². The maximum absolute atomic E-state index is 13.3. The van der Waals surface area contributed by atoms with Gasteiger partial charge in [0.15, 0.2) is 11.6 Å². The van der Waals surface area contributed by atoms with E-state index in [1.807, 2.05) is 0 Å². The fourth-order valence-electron chi connectivity index (χ4n) is 2.08. The molecule has 0 atom stereocenters. The van der Waals surface area contributed by atoms with Gasteiger partial charge in [-0.1, -0.05) is 6.07 Å². The highest BCUT2D eigenvalue weighted by Crippen LogP contribution is 2.24. The molecule has 0 bridgehead atoms. The van der Waals surface area contributed by atoms with E-state index < -0.39 is 11.6 Å². The van der Waals surface area contributed by atoms with E-state index in [4.69, 9.17) is 4.74 Å². The lowest BCUT2D eigenvalue weighted by Gasteiger charge is -2.11. The van der Waals surface area contributed by atoms with Crippen LogP contribution in [0.15, 0.2) is 61.1 Å². The van der Waals surface area contributed by atoms with Crippen molar-refractivity contribution in [3.63, 3.8) is 0 Å². The number of nitrogens with one attached hydrogen (secondary N) is 1. The van der Waals surface area contributed by atoms with E-state index in [9.17, 15) is 13.6 Å².